The van der Waals surface area contributed by atoms with Crippen LogP contribution >= 0.6 is 0 Å². The minimum Gasteiger partial charge on any atom is -0.460 e. The number of ether oxygens (including phenoxy) is 1. The van der Waals surface area contributed by atoms with Crippen molar-refractivity contribution in [3.05, 3.63) is 65.7 Å². The van der Waals surface area contributed by atoms with E-state index in [1.54, 1.807) is 0 Å². The summed E-state index contributed by atoms with van der Waals surface area (Å²) < 4.78 is 43.6. The van der Waals surface area contributed by atoms with Gasteiger partial charge < -0.3 is 21.5 Å². The SMILES string of the molecule is NC(=O)[C@H](CCCC(N)C(=O)OCc1ccccc1)Nc1cccc(C(F)(F)F)c1. The van der Waals surface area contributed by atoms with Crippen LogP contribution in [0.15, 0.2) is 54.6 Å². The van der Waals surface area contributed by atoms with Crippen LogP contribution in [-0.2, 0) is 27.1 Å². The number of primary amides is 1. The fraction of sp³-hybridized carbons (Fsp3) is 0.333. The summed E-state index contributed by atoms with van der Waals surface area (Å²) in [4.78, 5) is 23.7. The van der Waals surface area contributed by atoms with Crippen molar-refractivity contribution in [3.8, 4) is 0 Å². The lowest BCUT2D eigenvalue weighted by molar-refractivity contribution is -0.146. The summed E-state index contributed by atoms with van der Waals surface area (Å²) in [5.74, 6) is -1.28. The molecule has 0 spiro atoms. The Labute approximate surface area is 172 Å². The van der Waals surface area contributed by atoms with E-state index in [0.29, 0.717) is 6.42 Å². The van der Waals surface area contributed by atoms with Crippen LogP contribution in [-0.4, -0.2) is 24.0 Å². The molecule has 0 saturated carbocycles. The Hall–Kier alpha value is -3.07. The van der Waals surface area contributed by atoms with Gasteiger partial charge in [-0.2, -0.15) is 13.2 Å². The summed E-state index contributed by atoms with van der Waals surface area (Å²) in [6, 6.07) is 11.8. The average molecular weight is 423 g/mol. The average Bonchev–Trinajstić information content (AvgIpc) is 2.71. The van der Waals surface area contributed by atoms with Gasteiger partial charge in [-0.1, -0.05) is 36.4 Å². The molecule has 30 heavy (non-hydrogen) atoms. The van der Waals surface area contributed by atoms with E-state index < -0.39 is 35.7 Å². The number of rotatable bonds is 10. The Morgan fingerprint density at radius 3 is 2.37 bits per heavy atom. The predicted molar refractivity (Wildman–Crippen MR) is 106 cm³/mol. The topological polar surface area (TPSA) is 107 Å². The van der Waals surface area contributed by atoms with Gasteiger partial charge in [0.1, 0.15) is 18.7 Å². The Balaban J connectivity index is 1.83. The predicted octanol–water partition coefficient (Wildman–Crippen LogP) is 3.21. The number of nitrogens with one attached hydrogen (secondary N) is 1. The zero-order valence-electron chi connectivity index (χ0n) is 16.2. The molecule has 2 atom stereocenters. The number of alkyl halides is 3. The quantitative estimate of drug-likeness (QED) is 0.509. The molecular weight excluding hydrogens is 399 g/mol. The summed E-state index contributed by atoms with van der Waals surface area (Å²) >= 11 is 0. The second-order valence-electron chi connectivity index (χ2n) is 6.81. The van der Waals surface area contributed by atoms with Gasteiger partial charge in [0.2, 0.25) is 5.91 Å². The van der Waals surface area contributed by atoms with Gasteiger partial charge in [-0.15, -0.1) is 0 Å². The monoisotopic (exact) mass is 423 g/mol. The van der Waals surface area contributed by atoms with Gasteiger partial charge in [0.15, 0.2) is 0 Å². The molecule has 1 unspecified atom stereocenters. The van der Waals surface area contributed by atoms with Crippen molar-refractivity contribution < 1.29 is 27.5 Å². The van der Waals surface area contributed by atoms with E-state index in [0.717, 1.165) is 17.7 Å². The molecule has 0 fully saturated rings. The molecule has 0 aliphatic rings. The van der Waals surface area contributed by atoms with E-state index in [9.17, 15) is 22.8 Å². The van der Waals surface area contributed by atoms with Crippen molar-refractivity contribution in [2.24, 2.45) is 11.5 Å². The van der Waals surface area contributed by atoms with Crippen LogP contribution in [0.5, 0.6) is 0 Å². The summed E-state index contributed by atoms with van der Waals surface area (Å²) in [7, 11) is 0. The molecule has 0 aromatic heterocycles. The second-order valence-corrected chi connectivity index (χ2v) is 6.81. The summed E-state index contributed by atoms with van der Waals surface area (Å²) in [5.41, 5.74) is 11.3. The Bertz CT molecular complexity index is 844. The van der Waals surface area contributed by atoms with Crippen LogP contribution in [0.1, 0.15) is 30.4 Å². The number of benzene rings is 2. The number of esters is 1. The molecule has 0 saturated heterocycles. The van der Waals surface area contributed by atoms with Gasteiger partial charge in [-0.3, -0.25) is 9.59 Å². The zero-order valence-corrected chi connectivity index (χ0v) is 16.2. The first-order valence-electron chi connectivity index (χ1n) is 9.36. The largest absolute Gasteiger partial charge is 0.460 e. The Morgan fingerprint density at radius 2 is 1.73 bits per heavy atom. The number of carbonyl (C=O) groups excluding carboxylic acids is 2. The minimum atomic E-state index is -4.49. The molecule has 0 aliphatic carbocycles. The number of anilines is 1. The number of halogens is 3. The van der Waals surface area contributed by atoms with Gasteiger partial charge in [0.05, 0.1) is 5.56 Å². The summed E-state index contributed by atoms with van der Waals surface area (Å²) in [6.07, 6.45) is -3.71. The van der Waals surface area contributed by atoms with Crippen molar-refractivity contribution in [1.82, 2.24) is 0 Å². The van der Waals surface area contributed by atoms with Crippen molar-refractivity contribution in [2.75, 3.05) is 5.32 Å². The molecule has 2 aromatic carbocycles. The standard InChI is InChI=1S/C21H24F3N3O3/c22-21(23,24)15-8-4-9-16(12-15)27-18(19(26)28)11-5-10-17(25)20(29)30-13-14-6-2-1-3-7-14/h1-4,6-9,12,17-18,27H,5,10-11,13,25H2,(H2,26,28)/t17?,18-/m0/s1. The summed E-state index contributed by atoms with van der Waals surface area (Å²) in [6.45, 7) is 0.106. The zero-order chi connectivity index (χ0) is 22.1. The molecular formula is C21H24F3N3O3. The first kappa shape index (κ1) is 23.2. The van der Waals surface area contributed by atoms with Gasteiger partial charge in [-0.25, -0.2) is 0 Å². The lowest BCUT2D eigenvalue weighted by Crippen LogP contribution is -2.36. The maximum absolute atomic E-state index is 12.8. The van der Waals surface area contributed by atoms with Crippen LogP contribution in [0, 0.1) is 0 Å². The lowest BCUT2D eigenvalue weighted by atomic mass is 10.0. The van der Waals surface area contributed by atoms with Crippen LogP contribution < -0.4 is 16.8 Å². The fourth-order valence-corrected chi connectivity index (χ4v) is 2.77. The third kappa shape index (κ3) is 7.40. The smallest absolute Gasteiger partial charge is 0.416 e. The summed E-state index contributed by atoms with van der Waals surface area (Å²) in [5, 5.41) is 2.71. The van der Waals surface area contributed by atoms with Crippen LogP contribution in [0.25, 0.3) is 0 Å². The van der Waals surface area contributed by atoms with Crippen LogP contribution in [0.4, 0.5) is 18.9 Å². The highest BCUT2D eigenvalue weighted by atomic mass is 19.4. The third-order valence-corrected chi connectivity index (χ3v) is 4.41. The molecule has 162 valence electrons. The number of carbonyl (C=O) groups is 2. The van der Waals surface area contributed by atoms with Crippen molar-refractivity contribution in [1.29, 1.82) is 0 Å². The molecule has 0 radical (unpaired) electrons. The lowest BCUT2D eigenvalue weighted by Gasteiger charge is -2.18. The molecule has 0 aliphatic heterocycles. The first-order chi connectivity index (χ1) is 14.2. The number of amides is 1. The third-order valence-electron chi connectivity index (χ3n) is 4.41. The molecule has 5 N–H and O–H groups in total. The number of hydrogen-bond donors (Lipinski definition) is 3. The maximum Gasteiger partial charge on any atom is 0.416 e. The molecule has 6 nitrogen and oxygen atoms in total. The first-order valence-corrected chi connectivity index (χ1v) is 9.36. The minimum absolute atomic E-state index is 0.106. The molecule has 2 aromatic rings. The molecule has 2 rings (SSSR count). The van der Waals surface area contributed by atoms with E-state index in [-0.39, 0.29) is 25.1 Å². The van der Waals surface area contributed by atoms with Crippen molar-refractivity contribution >= 4 is 17.6 Å². The van der Waals surface area contributed by atoms with E-state index in [2.05, 4.69) is 5.32 Å². The van der Waals surface area contributed by atoms with E-state index in [1.165, 1.54) is 12.1 Å². The van der Waals surface area contributed by atoms with Crippen LogP contribution in [0.3, 0.4) is 0 Å². The fourth-order valence-electron chi connectivity index (χ4n) is 2.77. The second kappa shape index (κ2) is 10.6. The Kier molecular flexibility index (Phi) is 8.23. The highest BCUT2D eigenvalue weighted by molar-refractivity contribution is 5.83. The van der Waals surface area contributed by atoms with E-state index >= 15 is 0 Å². The molecule has 1 amide bonds. The highest BCUT2D eigenvalue weighted by Gasteiger charge is 2.30. The highest BCUT2D eigenvalue weighted by Crippen LogP contribution is 2.30. The van der Waals surface area contributed by atoms with E-state index in [1.807, 2.05) is 30.3 Å². The number of nitrogens with two attached hydrogens (primary N) is 2. The van der Waals surface area contributed by atoms with Crippen molar-refractivity contribution in [2.45, 2.75) is 44.1 Å². The van der Waals surface area contributed by atoms with Crippen molar-refractivity contribution in [3.63, 3.8) is 0 Å². The van der Waals surface area contributed by atoms with Gasteiger partial charge in [0.25, 0.3) is 0 Å². The molecule has 0 heterocycles. The van der Waals surface area contributed by atoms with Gasteiger partial charge >= 0.3 is 12.1 Å². The van der Waals surface area contributed by atoms with E-state index in [4.69, 9.17) is 16.2 Å². The number of hydrogen-bond acceptors (Lipinski definition) is 5. The van der Waals surface area contributed by atoms with Crippen LogP contribution in [0.2, 0.25) is 0 Å². The maximum atomic E-state index is 12.8. The Morgan fingerprint density at radius 1 is 1.03 bits per heavy atom. The normalized spacial score (nSPS) is 13.3. The molecule has 9 heteroatoms. The molecule has 0 bridgehead atoms. The van der Waals surface area contributed by atoms with Gasteiger partial charge in [-0.05, 0) is 43.0 Å². The van der Waals surface area contributed by atoms with Gasteiger partial charge in [0, 0.05) is 5.69 Å².